The molecule has 0 saturated heterocycles. The molecular formula is C17H26N2. The van der Waals surface area contributed by atoms with Gasteiger partial charge < -0.3 is 5.73 Å². The quantitative estimate of drug-likeness (QED) is 0.883. The molecule has 2 heteroatoms. The highest BCUT2D eigenvalue weighted by molar-refractivity contribution is 5.29. The molecule has 2 N–H and O–H groups in total. The Labute approximate surface area is 117 Å². The van der Waals surface area contributed by atoms with Gasteiger partial charge in [-0.3, -0.25) is 4.90 Å². The second kappa shape index (κ2) is 5.26. The summed E-state index contributed by atoms with van der Waals surface area (Å²) in [5.74, 6) is 0.749. The highest BCUT2D eigenvalue weighted by Gasteiger charge is 2.43. The van der Waals surface area contributed by atoms with E-state index >= 15 is 0 Å². The zero-order chi connectivity index (χ0) is 13.3. The number of nitrogens with two attached hydrogens (primary N) is 1. The Bertz CT molecular complexity index is 416. The van der Waals surface area contributed by atoms with Crippen molar-refractivity contribution >= 4 is 0 Å². The van der Waals surface area contributed by atoms with Crippen LogP contribution < -0.4 is 5.73 Å². The number of hydrogen-bond acceptors (Lipinski definition) is 2. The molecule has 0 aromatic heterocycles. The highest BCUT2D eigenvalue weighted by Crippen LogP contribution is 2.40. The minimum Gasteiger partial charge on any atom is -0.329 e. The van der Waals surface area contributed by atoms with Gasteiger partial charge in [0.25, 0.3) is 0 Å². The molecule has 104 valence electrons. The van der Waals surface area contributed by atoms with Crippen LogP contribution in [0.2, 0.25) is 0 Å². The van der Waals surface area contributed by atoms with E-state index in [1.165, 1.54) is 45.2 Å². The minimum atomic E-state index is 0.280. The molecule has 0 spiro atoms. The Morgan fingerprint density at radius 1 is 1.21 bits per heavy atom. The van der Waals surface area contributed by atoms with Crippen LogP contribution >= 0.6 is 0 Å². The normalized spacial score (nSPS) is 32.0. The van der Waals surface area contributed by atoms with E-state index < -0.39 is 0 Å². The fraction of sp³-hybridized carbons (Fsp3) is 0.647. The molecule has 3 rings (SSSR count). The summed E-state index contributed by atoms with van der Waals surface area (Å²) in [4.78, 5) is 2.71. The number of rotatable bonds is 2. The smallest absolute Gasteiger partial charge is 0.0357 e. The van der Waals surface area contributed by atoms with E-state index in [0.29, 0.717) is 0 Å². The van der Waals surface area contributed by atoms with Crippen LogP contribution in [-0.2, 0) is 12.8 Å². The van der Waals surface area contributed by atoms with Crippen LogP contribution in [0.3, 0.4) is 0 Å². The van der Waals surface area contributed by atoms with Crippen molar-refractivity contribution in [3.8, 4) is 0 Å². The van der Waals surface area contributed by atoms with E-state index in [1.807, 2.05) is 0 Å². The van der Waals surface area contributed by atoms with E-state index in [1.54, 1.807) is 11.1 Å². The van der Waals surface area contributed by atoms with Gasteiger partial charge in [-0.15, -0.1) is 0 Å². The molecule has 1 saturated carbocycles. The standard InChI is InChI=1S/C17H26N2/c1-14-5-4-10-17(14,13-18)19-11-8-15-6-2-3-7-16(15)9-12-19/h2-3,6-7,14H,4-5,8-13,18H2,1H3. The maximum atomic E-state index is 6.20. The van der Waals surface area contributed by atoms with Gasteiger partial charge in [-0.2, -0.15) is 0 Å². The van der Waals surface area contributed by atoms with Gasteiger partial charge in [0.2, 0.25) is 0 Å². The third-order valence-electron chi connectivity index (χ3n) is 5.57. The van der Waals surface area contributed by atoms with Crippen LogP contribution in [0, 0.1) is 5.92 Å². The van der Waals surface area contributed by atoms with Gasteiger partial charge in [0.05, 0.1) is 0 Å². The molecule has 1 fully saturated rings. The molecule has 0 bridgehead atoms. The van der Waals surface area contributed by atoms with Crippen molar-refractivity contribution in [1.82, 2.24) is 4.90 Å². The summed E-state index contributed by atoms with van der Waals surface area (Å²) < 4.78 is 0. The van der Waals surface area contributed by atoms with Crippen LogP contribution in [-0.4, -0.2) is 30.1 Å². The molecule has 1 aliphatic heterocycles. The maximum Gasteiger partial charge on any atom is 0.0357 e. The third-order valence-corrected chi connectivity index (χ3v) is 5.57. The van der Waals surface area contributed by atoms with Crippen molar-refractivity contribution < 1.29 is 0 Å². The summed E-state index contributed by atoms with van der Waals surface area (Å²) >= 11 is 0. The summed E-state index contributed by atoms with van der Waals surface area (Å²) in [6.07, 6.45) is 6.36. The zero-order valence-electron chi connectivity index (χ0n) is 12.1. The summed E-state index contributed by atoms with van der Waals surface area (Å²) in [5.41, 5.74) is 9.57. The van der Waals surface area contributed by atoms with E-state index in [4.69, 9.17) is 5.73 Å². The lowest BCUT2D eigenvalue weighted by Crippen LogP contribution is -2.56. The Hall–Kier alpha value is -0.860. The Kier molecular flexibility index (Phi) is 3.64. The third kappa shape index (κ3) is 2.21. The van der Waals surface area contributed by atoms with Crippen molar-refractivity contribution in [2.75, 3.05) is 19.6 Å². The van der Waals surface area contributed by atoms with E-state index in [9.17, 15) is 0 Å². The molecule has 1 aliphatic carbocycles. The van der Waals surface area contributed by atoms with Gasteiger partial charge in [0.15, 0.2) is 0 Å². The molecular weight excluding hydrogens is 232 g/mol. The lowest BCUT2D eigenvalue weighted by Gasteiger charge is -2.43. The second-order valence-electron chi connectivity index (χ2n) is 6.36. The lowest BCUT2D eigenvalue weighted by atomic mass is 9.86. The summed E-state index contributed by atoms with van der Waals surface area (Å²) in [6.45, 7) is 5.58. The molecule has 2 unspecified atom stereocenters. The van der Waals surface area contributed by atoms with Gasteiger partial charge in [0.1, 0.15) is 0 Å². The van der Waals surface area contributed by atoms with Crippen LogP contribution in [0.1, 0.15) is 37.3 Å². The van der Waals surface area contributed by atoms with Crippen molar-refractivity contribution in [2.45, 2.75) is 44.6 Å². The van der Waals surface area contributed by atoms with Gasteiger partial charge >= 0.3 is 0 Å². The van der Waals surface area contributed by atoms with E-state index in [0.717, 1.165) is 12.5 Å². The number of benzene rings is 1. The van der Waals surface area contributed by atoms with Crippen molar-refractivity contribution in [3.63, 3.8) is 0 Å². The molecule has 0 amide bonds. The Morgan fingerprint density at radius 3 is 2.32 bits per heavy atom. The predicted octanol–water partition coefficient (Wildman–Crippen LogP) is 2.60. The average Bonchev–Trinajstić information content (AvgIpc) is 2.69. The van der Waals surface area contributed by atoms with Crippen molar-refractivity contribution in [3.05, 3.63) is 35.4 Å². The average molecular weight is 258 g/mol. The topological polar surface area (TPSA) is 29.3 Å². The van der Waals surface area contributed by atoms with Crippen molar-refractivity contribution in [2.24, 2.45) is 11.7 Å². The molecule has 0 radical (unpaired) electrons. The lowest BCUT2D eigenvalue weighted by molar-refractivity contribution is 0.0681. The van der Waals surface area contributed by atoms with Gasteiger partial charge in [0, 0.05) is 25.2 Å². The van der Waals surface area contributed by atoms with E-state index in [-0.39, 0.29) is 5.54 Å². The molecule has 1 heterocycles. The first-order valence-electron chi connectivity index (χ1n) is 7.78. The van der Waals surface area contributed by atoms with Crippen LogP contribution in [0.5, 0.6) is 0 Å². The fourth-order valence-electron chi connectivity index (χ4n) is 4.24. The maximum absolute atomic E-state index is 6.20. The number of nitrogens with zero attached hydrogens (tertiary/aromatic N) is 1. The molecule has 2 aliphatic rings. The van der Waals surface area contributed by atoms with Gasteiger partial charge in [-0.25, -0.2) is 0 Å². The number of hydrogen-bond donors (Lipinski definition) is 1. The number of fused-ring (bicyclic) bond motifs is 1. The second-order valence-corrected chi connectivity index (χ2v) is 6.36. The minimum absolute atomic E-state index is 0.280. The fourth-order valence-corrected chi connectivity index (χ4v) is 4.24. The molecule has 2 atom stereocenters. The van der Waals surface area contributed by atoms with E-state index in [2.05, 4.69) is 36.1 Å². The summed E-state index contributed by atoms with van der Waals surface area (Å²) in [7, 11) is 0. The zero-order valence-corrected chi connectivity index (χ0v) is 12.1. The first kappa shape index (κ1) is 13.1. The van der Waals surface area contributed by atoms with Crippen LogP contribution in [0.25, 0.3) is 0 Å². The first-order valence-corrected chi connectivity index (χ1v) is 7.78. The molecule has 1 aromatic rings. The molecule has 1 aromatic carbocycles. The predicted molar refractivity (Wildman–Crippen MR) is 80.2 cm³/mol. The monoisotopic (exact) mass is 258 g/mol. The first-order chi connectivity index (χ1) is 9.26. The SMILES string of the molecule is CC1CCCC1(CN)N1CCc2ccccc2CC1. The van der Waals surface area contributed by atoms with Gasteiger partial charge in [-0.05, 0) is 42.7 Å². The summed E-state index contributed by atoms with van der Waals surface area (Å²) in [5, 5.41) is 0. The summed E-state index contributed by atoms with van der Waals surface area (Å²) in [6, 6.07) is 8.94. The van der Waals surface area contributed by atoms with Crippen molar-refractivity contribution in [1.29, 1.82) is 0 Å². The Morgan fingerprint density at radius 2 is 1.84 bits per heavy atom. The molecule has 2 nitrogen and oxygen atoms in total. The van der Waals surface area contributed by atoms with Gasteiger partial charge in [-0.1, -0.05) is 37.6 Å². The molecule has 19 heavy (non-hydrogen) atoms. The van der Waals surface area contributed by atoms with Crippen LogP contribution in [0.4, 0.5) is 0 Å². The highest BCUT2D eigenvalue weighted by atomic mass is 15.2. The van der Waals surface area contributed by atoms with Crippen LogP contribution in [0.15, 0.2) is 24.3 Å². The largest absolute Gasteiger partial charge is 0.329 e. The Balaban J connectivity index is 1.81.